The second-order valence-corrected chi connectivity index (χ2v) is 6.85. The Kier molecular flexibility index (Phi) is 4.00. The Hall–Kier alpha value is -1.39. The summed E-state index contributed by atoms with van der Waals surface area (Å²) in [6.07, 6.45) is 8.12. The Morgan fingerprint density at radius 2 is 1.57 bits per heavy atom. The quantitative estimate of drug-likeness (QED) is 0.795. The number of hydrogen-bond donors (Lipinski definition) is 1. The van der Waals surface area contributed by atoms with Gasteiger partial charge in [0.2, 0.25) is 11.8 Å². The van der Waals surface area contributed by atoms with Crippen LogP contribution in [-0.4, -0.2) is 28.8 Å². The first-order chi connectivity index (χ1) is 10.1. The summed E-state index contributed by atoms with van der Waals surface area (Å²) in [5.41, 5.74) is 0. The van der Waals surface area contributed by atoms with Gasteiger partial charge in [-0.25, -0.2) is 4.79 Å². The summed E-state index contributed by atoms with van der Waals surface area (Å²) in [5, 5.41) is 2.43. The van der Waals surface area contributed by atoms with Gasteiger partial charge in [-0.1, -0.05) is 32.6 Å². The molecule has 1 N–H and O–H groups in total. The molecule has 0 aromatic heterocycles. The van der Waals surface area contributed by atoms with E-state index in [1.165, 1.54) is 4.90 Å². The number of nitrogens with zero attached hydrogens (tertiary/aromatic N) is 1. The SMILES string of the molecule is CC1CCCCC1N1C(=O)NC(=O)C(C2CCCC2)C1=O. The van der Waals surface area contributed by atoms with Gasteiger partial charge in [0.1, 0.15) is 5.92 Å². The number of nitrogens with one attached hydrogen (secondary N) is 1. The van der Waals surface area contributed by atoms with Crippen LogP contribution in [0.4, 0.5) is 4.79 Å². The minimum atomic E-state index is -0.640. The maximum Gasteiger partial charge on any atom is 0.331 e. The van der Waals surface area contributed by atoms with Crippen molar-refractivity contribution in [1.29, 1.82) is 0 Å². The number of urea groups is 1. The molecule has 0 radical (unpaired) electrons. The Labute approximate surface area is 125 Å². The fourth-order valence-electron chi connectivity index (χ4n) is 4.31. The summed E-state index contributed by atoms with van der Waals surface area (Å²) in [4.78, 5) is 38.5. The van der Waals surface area contributed by atoms with E-state index < -0.39 is 11.9 Å². The number of amides is 4. The first kappa shape index (κ1) is 14.5. The van der Waals surface area contributed by atoms with Crippen molar-refractivity contribution in [2.45, 2.75) is 64.3 Å². The van der Waals surface area contributed by atoms with Gasteiger partial charge in [-0.3, -0.25) is 19.8 Å². The molecule has 1 saturated heterocycles. The minimum Gasteiger partial charge on any atom is -0.277 e. The number of rotatable bonds is 2. The standard InChI is InChI=1S/C16H24N2O3/c1-10-6-2-5-9-12(10)18-15(20)13(11-7-3-4-8-11)14(19)17-16(18)21/h10-13H,2-9H2,1H3,(H,17,19,21). The zero-order valence-corrected chi connectivity index (χ0v) is 12.6. The van der Waals surface area contributed by atoms with Crippen molar-refractivity contribution in [2.24, 2.45) is 17.8 Å². The van der Waals surface area contributed by atoms with Crippen molar-refractivity contribution in [3.63, 3.8) is 0 Å². The van der Waals surface area contributed by atoms with Crippen molar-refractivity contribution in [1.82, 2.24) is 10.2 Å². The maximum atomic E-state index is 12.8. The third kappa shape index (κ3) is 2.58. The molecule has 3 rings (SSSR count). The Balaban J connectivity index is 1.83. The van der Waals surface area contributed by atoms with E-state index in [1.54, 1.807) is 0 Å². The second kappa shape index (κ2) is 5.78. The third-order valence-corrected chi connectivity index (χ3v) is 5.50. The van der Waals surface area contributed by atoms with Crippen LogP contribution in [0.15, 0.2) is 0 Å². The van der Waals surface area contributed by atoms with E-state index in [-0.39, 0.29) is 23.8 Å². The second-order valence-electron chi connectivity index (χ2n) is 6.85. The normalized spacial score (nSPS) is 35.2. The van der Waals surface area contributed by atoms with Crippen LogP contribution in [0.2, 0.25) is 0 Å². The van der Waals surface area contributed by atoms with E-state index in [2.05, 4.69) is 12.2 Å². The Morgan fingerprint density at radius 3 is 2.24 bits per heavy atom. The summed E-state index contributed by atoms with van der Waals surface area (Å²) in [6.45, 7) is 2.10. The topological polar surface area (TPSA) is 66.5 Å². The highest BCUT2D eigenvalue weighted by Gasteiger charge is 2.48. The van der Waals surface area contributed by atoms with Crippen molar-refractivity contribution < 1.29 is 14.4 Å². The first-order valence-corrected chi connectivity index (χ1v) is 8.27. The average Bonchev–Trinajstić information content (AvgIpc) is 2.94. The van der Waals surface area contributed by atoms with Crippen LogP contribution in [0, 0.1) is 17.8 Å². The molecule has 21 heavy (non-hydrogen) atoms. The minimum absolute atomic E-state index is 0.0387. The average molecular weight is 292 g/mol. The molecule has 5 nitrogen and oxygen atoms in total. The predicted molar refractivity (Wildman–Crippen MR) is 77.3 cm³/mol. The number of barbiturate groups is 1. The van der Waals surface area contributed by atoms with E-state index in [9.17, 15) is 14.4 Å². The summed E-state index contributed by atoms with van der Waals surface area (Å²) in [5.74, 6) is -0.816. The van der Waals surface area contributed by atoms with Gasteiger partial charge >= 0.3 is 6.03 Å². The molecule has 3 aliphatic rings. The van der Waals surface area contributed by atoms with Gasteiger partial charge in [-0.15, -0.1) is 0 Å². The highest BCUT2D eigenvalue weighted by atomic mass is 16.2. The Morgan fingerprint density at radius 1 is 0.952 bits per heavy atom. The zero-order valence-electron chi connectivity index (χ0n) is 12.6. The zero-order chi connectivity index (χ0) is 15.0. The lowest BCUT2D eigenvalue weighted by atomic mass is 9.82. The van der Waals surface area contributed by atoms with Crippen molar-refractivity contribution in [2.75, 3.05) is 0 Å². The van der Waals surface area contributed by atoms with Crippen LogP contribution < -0.4 is 5.32 Å². The molecule has 116 valence electrons. The van der Waals surface area contributed by atoms with Gasteiger partial charge in [-0.2, -0.15) is 0 Å². The highest BCUT2D eigenvalue weighted by Crippen LogP contribution is 2.36. The van der Waals surface area contributed by atoms with E-state index in [4.69, 9.17) is 0 Å². The van der Waals surface area contributed by atoms with Crippen LogP contribution >= 0.6 is 0 Å². The molecule has 5 heteroatoms. The van der Waals surface area contributed by atoms with Gasteiger partial charge in [0.25, 0.3) is 0 Å². The number of carbonyl (C=O) groups is 3. The molecule has 2 aliphatic carbocycles. The van der Waals surface area contributed by atoms with Gasteiger partial charge in [0.15, 0.2) is 0 Å². The molecule has 3 unspecified atom stereocenters. The van der Waals surface area contributed by atoms with Crippen molar-refractivity contribution in [3.05, 3.63) is 0 Å². The van der Waals surface area contributed by atoms with Crippen molar-refractivity contribution >= 4 is 17.8 Å². The van der Waals surface area contributed by atoms with E-state index >= 15 is 0 Å². The molecule has 0 spiro atoms. The van der Waals surface area contributed by atoms with E-state index in [0.717, 1.165) is 51.4 Å². The monoisotopic (exact) mass is 292 g/mol. The van der Waals surface area contributed by atoms with Crippen LogP contribution in [0.3, 0.4) is 0 Å². The fraction of sp³-hybridized carbons (Fsp3) is 0.812. The maximum absolute atomic E-state index is 12.8. The third-order valence-electron chi connectivity index (χ3n) is 5.50. The van der Waals surface area contributed by atoms with Gasteiger partial charge in [-0.05, 0) is 37.5 Å². The van der Waals surface area contributed by atoms with Crippen LogP contribution in [0.1, 0.15) is 58.3 Å². The molecule has 0 aromatic carbocycles. The molecular formula is C16H24N2O3. The lowest BCUT2D eigenvalue weighted by Crippen LogP contribution is -2.63. The molecule has 0 bridgehead atoms. The number of hydrogen-bond acceptors (Lipinski definition) is 3. The van der Waals surface area contributed by atoms with Crippen LogP contribution in [0.5, 0.6) is 0 Å². The lowest BCUT2D eigenvalue weighted by Gasteiger charge is -2.41. The molecule has 3 fully saturated rings. The molecule has 3 atom stereocenters. The van der Waals surface area contributed by atoms with Crippen LogP contribution in [0.25, 0.3) is 0 Å². The van der Waals surface area contributed by atoms with Crippen molar-refractivity contribution in [3.8, 4) is 0 Å². The van der Waals surface area contributed by atoms with E-state index in [1.807, 2.05) is 0 Å². The molecule has 2 saturated carbocycles. The molecule has 0 aromatic rings. The molecule has 1 aliphatic heterocycles. The smallest absolute Gasteiger partial charge is 0.277 e. The summed E-state index contributed by atoms with van der Waals surface area (Å²) in [6, 6.07) is -0.541. The number of imide groups is 2. The van der Waals surface area contributed by atoms with Gasteiger partial charge < -0.3 is 0 Å². The molecule has 4 amide bonds. The van der Waals surface area contributed by atoms with Crippen LogP contribution in [-0.2, 0) is 9.59 Å². The highest BCUT2D eigenvalue weighted by molar-refractivity contribution is 6.16. The Bertz CT molecular complexity index is 456. The largest absolute Gasteiger partial charge is 0.331 e. The molecular weight excluding hydrogens is 268 g/mol. The first-order valence-electron chi connectivity index (χ1n) is 8.27. The molecule has 1 heterocycles. The summed E-state index contributed by atoms with van der Waals surface area (Å²) < 4.78 is 0. The lowest BCUT2D eigenvalue weighted by molar-refractivity contribution is -0.147. The summed E-state index contributed by atoms with van der Waals surface area (Å²) in [7, 11) is 0. The summed E-state index contributed by atoms with van der Waals surface area (Å²) >= 11 is 0. The van der Waals surface area contributed by atoms with E-state index in [0.29, 0.717) is 5.92 Å². The number of carbonyl (C=O) groups excluding carboxylic acids is 3. The predicted octanol–water partition coefficient (Wildman–Crippen LogP) is 2.45. The van der Waals surface area contributed by atoms with Gasteiger partial charge in [0.05, 0.1) is 0 Å². The fourth-order valence-corrected chi connectivity index (χ4v) is 4.31. The van der Waals surface area contributed by atoms with Gasteiger partial charge in [0, 0.05) is 6.04 Å².